The summed E-state index contributed by atoms with van der Waals surface area (Å²) in [6, 6.07) is 0. The lowest BCUT2D eigenvalue weighted by Gasteiger charge is -2.25. The zero-order chi connectivity index (χ0) is 14.8. The number of carboxylic acids is 1. The molecule has 1 rings (SSSR count). The second-order valence-corrected chi connectivity index (χ2v) is 4.82. The van der Waals surface area contributed by atoms with E-state index in [0.717, 1.165) is 0 Å². The minimum Gasteiger partial charge on any atom is -0.481 e. The highest BCUT2D eigenvalue weighted by Gasteiger charge is 2.30. The van der Waals surface area contributed by atoms with E-state index in [0.29, 0.717) is 25.7 Å². The lowest BCUT2D eigenvalue weighted by Crippen LogP contribution is -2.28. The number of carbonyl (C=O) groups excluding carboxylic acids is 1. The molecule has 3 N–H and O–H groups in total. The first-order chi connectivity index (χ1) is 8.92. The van der Waals surface area contributed by atoms with Crippen molar-refractivity contribution < 1.29 is 29.6 Å². The quantitative estimate of drug-likeness (QED) is 0.656. The fourth-order valence-corrected chi connectivity index (χ4v) is 1.90. The largest absolute Gasteiger partial charge is 0.481 e. The van der Waals surface area contributed by atoms with E-state index >= 15 is 0 Å². The first-order valence-electron chi connectivity index (χ1n) is 6.57. The molecular formula is C13H24O6. The zero-order valence-electron chi connectivity index (χ0n) is 11.5. The van der Waals surface area contributed by atoms with Crippen molar-refractivity contribution in [3.05, 3.63) is 0 Å². The average Bonchev–Trinajstić information content (AvgIpc) is 2.38. The Morgan fingerprint density at radius 2 is 1.47 bits per heavy atom. The number of carboxylic acid groups (broad SMARTS) is 1. The van der Waals surface area contributed by atoms with Crippen LogP contribution in [0.2, 0.25) is 0 Å². The molecule has 1 aliphatic carbocycles. The topological polar surface area (TPSA) is 104 Å². The van der Waals surface area contributed by atoms with Crippen molar-refractivity contribution >= 4 is 11.9 Å². The van der Waals surface area contributed by atoms with Crippen LogP contribution in [0.4, 0.5) is 0 Å². The molecule has 0 saturated heterocycles. The van der Waals surface area contributed by atoms with Gasteiger partial charge in [-0.1, -0.05) is 0 Å². The predicted octanol–water partition coefficient (Wildman–Crippen LogP) is 0.800. The summed E-state index contributed by atoms with van der Waals surface area (Å²) in [6.45, 7) is 3.39. The summed E-state index contributed by atoms with van der Waals surface area (Å²) < 4.78 is 5.10. The molecule has 112 valence electrons. The SMILES string of the molecule is CC(C)OC(=O)C1CCC(C(=O)O)CC1.OCCO. The summed E-state index contributed by atoms with van der Waals surface area (Å²) in [6.07, 6.45) is 2.38. The molecule has 0 aromatic rings. The fraction of sp³-hybridized carbons (Fsp3) is 0.846. The summed E-state index contributed by atoms with van der Waals surface area (Å²) in [5.74, 6) is -1.28. The van der Waals surface area contributed by atoms with Crippen molar-refractivity contribution in [2.24, 2.45) is 11.8 Å². The molecular weight excluding hydrogens is 252 g/mol. The van der Waals surface area contributed by atoms with Gasteiger partial charge in [-0.05, 0) is 39.5 Å². The molecule has 19 heavy (non-hydrogen) atoms. The fourth-order valence-electron chi connectivity index (χ4n) is 1.90. The van der Waals surface area contributed by atoms with E-state index in [-0.39, 0.29) is 37.1 Å². The Morgan fingerprint density at radius 1 is 1.05 bits per heavy atom. The molecule has 1 saturated carbocycles. The number of ether oxygens (including phenoxy) is 1. The molecule has 0 aromatic heterocycles. The Hall–Kier alpha value is -1.14. The molecule has 0 atom stereocenters. The molecule has 0 amide bonds. The van der Waals surface area contributed by atoms with E-state index < -0.39 is 5.97 Å². The monoisotopic (exact) mass is 276 g/mol. The van der Waals surface area contributed by atoms with Crippen LogP contribution in [0.25, 0.3) is 0 Å². The summed E-state index contributed by atoms with van der Waals surface area (Å²) in [4.78, 5) is 22.2. The second kappa shape index (κ2) is 9.75. The number of aliphatic hydroxyl groups is 2. The second-order valence-electron chi connectivity index (χ2n) is 4.82. The standard InChI is InChI=1S/C11H18O4.C2H6O2/c1-7(2)15-11(14)9-5-3-8(4-6-9)10(12)13;3-1-2-4/h7-9H,3-6H2,1-2H3,(H,12,13);3-4H,1-2H2. The molecule has 0 heterocycles. The van der Waals surface area contributed by atoms with Gasteiger partial charge in [-0.3, -0.25) is 9.59 Å². The minimum absolute atomic E-state index is 0.0882. The number of rotatable bonds is 4. The molecule has 0 unspecified atom stereocenters. The smallest absolute Gasteiger partial charge is 0.309 e. The normalized spacial score (nSPS) is 22.4. The average molecular weight is 276 g/mol. The van der Waals surface area contributed by atoms with Crippen LogP contribution in [0.3, 0.4) is 0 Å². The van der Waals surface area contributed by atoms with Crippen molar-refractivity contribution in [3.8, 4) is 0 Å². The lowest BCUT2D eigenvalue weighted by atomic mass is 9.82. The van der Waals surface area contributed by atoms with Gasteiger partial charge in [0.1, 0.15) is 0 Å². The number of esters is 1. The maximum atomic E-state index is 11.5. The highest BCUT2D eigenvalue weighted by molar-refractivity contribution is 5.74. The zero-order valence-corrected chi connectivity index (χ0v) is 11.5. The third-order valence-corrected chi connectivity index (χ3v) is 2.86. The van der Waals surface area contributed by atoms with Crippen molar-refractivity contribution in [2.45, 2.75) is 45.6 Å². The summed E-state index contributed by atoms with van der Waals surface area (Å²) in [5.41, 5.74) is 0. The van der Waals surface area contributed by atoms with Crippen molar-refractivity contribution in [2.75, 3.05) is 13.2 Å². The summed E-state index contributed by atoms with van der Waals surface area (Å²) in [5, 5.41) is 24.0. The number of aliphatic carboxylic acids is 1. The first-order valence-corrected chi connectivity index (χ1v) is 6.57. The Kier molecular flexibility index (Phi) is 9.16. The van der Waals surface area contributed by atoms with Crippen molar-refractivity contribution in [3.63, 3.8) is 0 Å². The maximum Gasteiger partial charge on any atom is 0.309 e. The van der Waals surface area contributed by atoms with E-state index in [2.05, 4.69) is 0 Å². The van der Waals surface area contributed by atoms with Crippen molar-refractivity contribution in [1.82, 2.24) is 0 Å². The number of hydrogen-bond acceptors (Lipinski definition) is 5. The highest BCUT2D eigenvalue weighted by Crippen LogP contribution is 2.29. The van der Waals surface area contributed by atoms with Gasteiger partial charge in [0.05, 0.1) is 31.2 Å². The molecule has 6 nitrogen and oxygen atoms in total. The van der Waals surface area contributed by atoms with Gasteiger partial charge in [-0.2, -0.15) is 0 Å². The molecule has 0 aromatic carbocycles. The molecule has 0 bridgehead atoms. The molecule has 0 radical (unpaired) electrons. The number of aliphatic hydroxyl groups excluding tert-OH is 2. The molecule has 1 fully saturated rings. The maximum absolute atomic E-state index is 11.5. The number of hydrogen-bond donors (Lipinski definition) is 3. The minimum atomic E-state index is -0.745. The van der Waals surface area contributed by atoms with Gasteiger partial charge in [-0.25, -0.2) is 0 Å². The van der Waals surface area contributed by atoms with Gasteiger partial charge in [0.2, 0.25) is 0 Å². The van der Waals surface area contributed by atoms with E-state index in [1.54, 1.807) is 0 Å². The predicted molar refractivity (Wildman–Crippen MR) is 68.5 cm³/mol. The third kappa shape index (κ3) is 7.79. The molecule has 1 aliphatic rings. The summed E-state index contributed by atoms with van der Waals surface area (Å²) in [7, 11) is 0. The number of carbonyl (C=O) groups is 2. The van der Waals surface area contributed by atoms with E-state index in [4.69, 9.17) is 20.1 Å². The molecule has 6 heteroatoms. The van der Waals surface area contributed by atoms with Crippen LogP contribution in [0.5, 0.6) is 0 Å². The lowest BCUT2D eigenvalue weighted by molar-refractivity contribution is -0.155. The van der Waals surface area contributed by atoms with Gasteiger partial charge in [0, 0.05) is 0 Å². The van der Waals surface area contributed by atoms with Gasteiger partial charge in [0.25, 0.3) is 0 Å². The first kappa shape index (κ1) is 17.9. The van der Waals surface area contributed by atoms with Crippen LogP contribution in [0.1, 0.15) is 39.5 Å². The van der Waals surface area contributed by atoms with Gasteiger partial charge in [0.15, 0.2) is 0 Å². The molecule has 0 aliphatic heterocycles. The van der Waals surface area contributed by atoms with Crippen LogP contribution in [0.15, 0.2) is 0 Å². The van der Waals surface area contributed by atoms with Crippen LogP contribution in [0, 0.1) is 11.8 Å². The van der Waals surface area contributed by atoms with Crippen LogP contribution in [-0.4, -0.2) is 46.6 Å². The van der Waals surface area contributed by atoms with Crippen LogP contribution < -0.4 is 0 Å². The highest BCUT2D eigenvalue weighted by atomic mass is 16.5. The van der Waals surface area contributed by atoms with E-state index in [9.17, 15) is 9.59 Å². The summed E-state index contributed by atoms with van der Waals surface area (Å²) >= 11 is 0. The van der Waals surface area contributed by atoms with Crippen LogP contribution in [-0.2, 0) is 14.3 Å². The Morgan fingerprint density at radius 3 is 1.79 bits per heavy atom. The van der Waals surface area contributed by atoms with E-state index in [1.165, 1.54) is 0 Å². The van der Waals surface area contributed by atoms with Gasteiger partial charge >= 0.3 is 11.9 Å². The van der Waals surface area contributed by atoms with Gasteiger partial charge in [-0.15, -0.1) is 0 Å². The third-order valence-electron chi connectivity index (χ3n) is 2.86. The van der Waals surface area contributed by atoms with Crippen LogP contribution >= 0.6 is 0 Å². The van der Waals surface area contributed by atoms with Gasteiger partial charge < -0.3 is 20.1 Å². The molecule has 0 spiro atoms. The van der Waals surface area contributed by atoms with E-state index in [1.807, 2.05) is 13.8 Å². The Bertz CT molecular complexity index is 266. The van der Waals surface area contributed by atoms with Crippen molar-refractivity contribution in [1.29, 1.82) is 0 Å². The Balaban J connectivity index is 0.000000711. The Labute approximate surface area is 113 Å².